The van der Waals surface area contributed by atoms with E-state index in [9.17, 15) is 13.6 Å². The summed E-state index contributed by atoms with van der Waals surface area (Å²) < 4.78 is 31.6. The molecule has 0 radical (unpaired) electrons. The number of carbonyl (C=O) groups is 1. The Morgan fingerprint density at radius 3 is 2.50 bits per heavy atom. The summed E-state index contributed by atoms with van der Waals surface area (Å²) in [6, 6.07) is 14.0. The second kappa shape index (κ2) is 10.7. The van der Waals surface area contributed by atoms with Crippen LogP contribution in [-0.2, 0) is 6.42 Å². The number of pyridine rings is 1. The summed E-state index contributed by atoms with van der Waals surface area (Å²) >= 11 is 0. The van der Waals surface area contributed by atoms with Crippen LogP contribution < -0.4 is 4.74 Å². The molecule has 3 aromatic heterocycles. The molecule has 3 heterocycles. The average Bonchev–Trinajstić information content (AvgIpc) is 3.23. The molecular formula is C22H19F2N5O3. The topological polar surface area (TPSA) is 114 Å². The van der Waals surface area contributed by atoms with Crippen LogP contribution in [0.25, 0.3) is 11.4 Å². The summed E-state index contributed by atoms with van der Waals surface area (Å²) in [5, 5.41) is 14.9. The molecule has 0 amide bonds. The Morgan fingerprint density at radius 1 is 1.12 bits per heavy atom. The van der Waals surface area contributed by atoms with Crippen LogP contribution >= 0.6 is 0 Å². The third kappa shape index (κ3) is 5.69. The Bertz CT molecular complexity index is 1150. The number of hydrogen-bond donors (Lipinski definition) is 2. The van der Waals surface area contributed by atoms with E-state index in [0.29, 0.717) is 23.6 Å². The van der Waals surface area contributed by atoms with E-state index in [0.717, 1.165) is 23.8 Å². The molecule has 0 fully saturated rings. The highest BCUT2D eigenvalue weighted by molar-refractivity contribution is 5.84. The minimum Gasteiger partial charge on any atom is -0.476 e. The van der Waals surface area contributed by atoms with E-state index < -0.39 is 12.4 Å². The second-order valence-electron chi connectivity index (χ2n) is 6.32. The van der Waals surface area contributed by atoms with Gasteiger partial charge < -0.3 is 14.8 Å². The highest BCUT2D eigenvalue weighted by atomic mass is 19.3. The number of benzene rings is 1. The maximum absolute atomic E-state index is 12.8. The monoisotopic (exact) mass is 439 g/mol. The fraction of sp³-hybridized carbons (Fsp3) is 0.136. The SMILES string of the molecule is CCc1c(Oc2ccccc2)c[nH]c1-c1cccc(C(F)F)n1.O=C(O)c1cnncn1. The van der Waals surface area contributed by atoms with Gasteiger partial charge in [0.15, 0.2) is 5.69 Å². The third-order valence-corrected chi connectivity index (χ3v) is 4.24. The molecule has 164 valence electrons. The highest BCUT2D eigenvalue weighted by Crippen LogP contribution is 2.33. The van der Waals surface area contributed by atoms with E-state index in [2.05, 4.69) is 25.1 Å². The van der Waals surface area contributed by atoms with Crippen LogP contribution in [-0.4, -0.2) is 36.2 Å². The summed E-state index contributed by atoms with van der Waals surface area (Å²) in [7, 11) is 0. The number of aromatic carboxylic acids is 1. The zero-order valence-electron chi connectivity index (χ0n) is 16.9. The number of alkyl halides is 2. The van der Waals surface area contributed by atoms with Crippen LogP contribution in [0.3, 0.4) is 0 Å². The predicted octanol–water partition coefficient (Wildman–Crippen LogP) is 4.94. The number of rotatable bonds is 6. The summed E-state index contributed by atoms with van der Waals surface area (Å²) in [5.74, 6) is 0.310. The van der Waals surface area contributed by atoms with Crippen LogP contribution in [0.2, 0.25) is 0 Å². The molecule has 10 heteroatoms. The number of nitrogens with one attached hydrogen (secondary N) is 1. The smallest absolute Gasteiger partial charge is 0.356 e. The van der Waals surface area contributed by atoms with Crippen LogP contribution in [0.5, 0.6) is 11.5 Å². The largest absolute Gasteiger partial charge is 0.476 e. The number of ether oxygens (including phenoxy) is 1. The standard InChI is InChI=1S/C18H16F2N2O.C4H3N3O2/c1-2-13-16(23-12-7-4-3-5-8-12)11-21-17(13)14-9-6-10-15(22-14)18(19)20;8-4(9)3-1-6-7-2-5-3/h3-11,18,21H,2H2,1H3;1-2H,(H,8,9). The highest BCUT2D eigenvalue weighted by Gasteiger charge is 2.16. The van der Waals surface area contributed by atoms with Gasteiger partial charge in [-0.05, 0) is 30.7 Å². The lowest BCUT2D eigenvalue weighted by atomic mass is 10.1. The van der Waals surface area contributed by atoms with Crippen LogP contribution in [0.15, 0.2) is 67.3 Å². The summed E-state index contributed by atoms with van der Waals surface area (Å²) in [4.78, 5) is 20.6. The van der Waals surface area contributed by atoms with Gasteiger partial charge in [-0.15, -0.1) is 5.10 Å². The Morgan fingerprint density at radius 2 is 1.91 bits per heavy atom. The van der Waals surface area contributed by atoms with Crippen molar-refractivity contribution < 1.29 is 23.4 Å². The van der Waals surface area contributed by atoms with E-state index >= 15 is 0 Å². The number of aromatic amines is 1. The molecule has 8 nitrogen and oxygen atoms in total. The van der Waals surface area contributed by atoms with Crippen LogP contribution in [0.4, 0.5) is 8.78 Å². The number of hydrogen-bond acceptors (Lipinski definition) is 6. The fourth-order valence-electron chi connectivity index (χ4n) is 2.78. The van der Waals surface area contributed by atoms with Crippen molar-refractivity contribution in [2.75, 3.05) is 0 Å². The number of H-pyrrole nitrogens is 1. The quantitative estimate of drug-likeness (QED) is 0.437. The Kier molecular flexibility index (Phi) is 7.52. The van der Waals surface area contributed by atoms with Crippen molar-refractivity contribution in [1.82, 2.24) is 25.1 Å². The van der Waals surface area contributed by atoms with E-state index in [1.807, 2.05) is 37.3 Å². The van der Waals surface area contributed by atoms with Gasteiger partial charge in [-0.1, -0.05) is 31.2 Å². The van der Waals surface area contributed by atoms with Crippen molar-refractivity contribution >= 4 is 5.97 Å². The van der Waals surface area contributed by atoms with Crippen molar-refractivity contribution in [2.24, 2.45) is 0 Å². The first-order valence-corrected chi connectivity index (χ1v) is 9.54. The van der Waals surface area contributed by atoms with E-state index in [1.54, 1.807) is 18.3 Å². The molecule has 0 aliphatic heterocycles. The summed E-state index contributed by atoms with van der Waals surface area (Å²) in [6.45, 7) is 1.99. The molecule has 0 spiro atoms. The van der Waals surface area contributed by atoms with Gasteiger partial charge in [0.1, 0.15) is 23.5 Å². The summed E-state index contributed by atoms with van der Waals surface area (Å²) in [6.07, 6.45) is 2.01. The third-order valence-electron chi connectivity index (χ3n) is 4.24. The Hall–Kier alpha value is -4.21. The normalized spacial score (nSPS) is 10.4. The molecule has 4 aromatic rings. The van der Waals surface area contributed by atoms with Gasteiger partial charge in [0.2, 0.25) is 0 Å². The Balaban J connectivity index is 0.000000269. The first-order valence-electron chi connectivity index (χ1n) is 9.54. The lowest BCUT2D eigenvalue weighted by Gasteiger charge is -2.08. The molecule has 4 rings (SSSR count). The van der Waals surface area contributed by atoms with E-state index in [1.165, 1.54) is 6.07 Å². The molecule has 0 atom stereocenters. The molecule has 32 heavy (non-hydrogen) atoms. The molecule has 0 saturated heterocycles. The van der Waals surface area contributed by atoms with Gasteiger partial charge >= 0.3 is 5.97 Å². The molecular weight excluding hydrogens is 420 g/mol. The molecule has 2 N–H and O–H groups in total. The predicted molar refractivity (Wildman–Crippen MR) is 112 cm³/mol. The number of nitrogens with zero attached hydrogens (tertiary/aromatic N) is 4. The van der Waals surface area contributed by atoms with Crippen molar-refractivity contribution in [1.29, 1.82) is 0 Å². The number of halogens is 2. The minimum absolute atomic E-state index is 0.0926. The summed E-state index contributed by atoms with van der Waals surface area (Å²) in [5.41, 5.74) is 1.78. The minimum atomic E-state index is -2.59. The van der Waals surface area contributed by atoms with Gasteiger partial charge in [-0.2, -0.15) is 5.10 Å². The fourth-order valence-corrected chi connectivity index (χ4v) is 2.78. The zero-order chi connectivity index (χ0) is 22.9. The molecule has 1 aromatic carbocycles. The maximum atomic E-state index is 12.8. The number of para-hydroxylation sites is 1. The van der Waals surface area contributed by atoms with E-state index in [4.69, 9.17) is 9.84 Å². The number of aromatic nitrogens is 5. The van der Waals surface area contributed by atoms with E-state index in [-0.39, 0.29) is 11.4 Å². The van der Waals surface area contributed by atoms with Gasteiger partial charge in [0.25, 0.3) is 6.43 Å². The lowest BCUT2D eigenvalue weighted by molar-refractivity contribution is 0.0689. The number of carboxylic acid groups (broad SMARTS) is 1. The molecule has 0 aliphatic carbocycles. The van der Waals surface area contributed by atoms with Crippen LogP contribution in [0, 0.1) is 0 Å². The number of carboxylic acids is 1. The van der Waals surface area contributed by atoms with Gasteiger partial charge in [0, 0.05) is 11.8 Å². The molecule has 0 unspecified atom stereocenters. The Labute approximate surface area is 182 Å². The molecule has 0 bridgehead atoms. The van der Waals surface area contributed by atoms with Crippen molar-refractivity contribution in [3.05, 3.63) is 84.2 Å². The van der Waals surface area contributed by atoms with Gasteiger partial charge in [-0.25, -0.2) is 23.5 Å². The maximum Gasteiger partial charge on any atom is 0.356 e. The lowest BCUT2D eigenvalue weighted by Crippen LogP contribution is -2.00. The first-order chi connectivity index (χ1) is 15.5. The van der Waals surface area contributed by atoms with Crippen molar-refractivity contribution in [2.45, 2.75) is 19.8 Å². The van der Waals surface area contributed by atoms with Crippen molar-refractivity contribution in [3.8, 4) is 22.9 Å². The first kappa shape index (κ1) is 22.5. The average molecular weight is 439 g/mol. The molecule has 0 saturated carbocycles. The molecule has 0 aliphatic rings. The second-order valence-corrected chi connectivity index (χ2v) is 6.32. The van der Waals surface area contributed by atoms with Gasteiger partial charge in [0.05, 0.1) is 17.6 Å². The zero-order valence-corrected chi connectivity index (χ0v) is 16.9. The van der Waals surface area contributed by atoms with Crippen molar-refractivity contribution in [3.63, 3.8) is 0 Å². The van der Waals surface area contributed by atoms with Gasteiger partial charge in [-0.3, -0.25) is 0 Å². The van der Waals surface area contributed by atoms with Crippen LogP contribution in [0.1, 0.15) is 35.1 Å².